The molecule has 1 amide bonds. The predicted octanol–water partition coefficient (Wildman–Crippen LogP) is 3.27. The van der Waals surface area contributed by atoms with E-state index in [0.717, 1.165) is 28.3 Å². The summed E-state index contributed by atoms with van der Waals surface area (Å²) in [6, 6.07) is 8.27. The van der Waals surface area contributed by atoms with Gasteiger partial charge in [0.25, 0.3) is 0 Å². The second-order valence-corrected chi connectivity index (χ2v) is 7.17. The Morgan fingerprint density at radius 3 is 2.56 bits per heavy atom. The van der Waals surface area contributed by atoms with E-state index in [9.17, 15) is 14.4 Å². The lowest BCUT2D eigenvalue weighted by Crippen LogP contribution is -2.42. The second kappa shape index (κ2) is 10.00. The van der Waals surface area contributed by atoms with Gasteiger partial charge in [0.15, 0.2) is 11.5 Å². The van der Waals surface area contributed by atoms with Crippen molar-refractivity contribution in [3.05, 3.63) is 47.7 Å². The Kier molecular flexibility index (Phi) is 7.14. The minimum absolute atomic E-state index is 0.224. The van der Waals surface area contributed by atoms with Crippen LogP contribution in [0, 0.1) is 0 Å². The van der Waals surface area contributed by atoms with Crippen LogP contribution < -0.4 is 14.8 Å². The van der Waals surface area contributed by atoms with Crippen LogP contribution in [0.5, 0.6) is 11.5 Å². The fourth-order valence-electron chi connectivity index (χ4n) is 3.76. The number of nitrogens with one attached hydrogen (secondary N) is 2. The fourth-order valence-corrected chi connectivity index (χ4v) is 3.76. The van der Waals surface area contributed by atoms with Gasteiger partial charge in [-0.1, -0.05) is 18.2 Å². The van der Waals surface area contributed by atoms with Crippen molar-refractivity contribution in [2.24, 2.45) is 0 Å². The summed E-state index contributed by atoms with van der Waals surface area (Å²) >= 11 is 0. The third kappa shape index (κ3) is 4.59. The average molecular weight is 438 g/mol. The smallest absolute Gasteiger partial charge is 0.328 e. The van der Waals surface area contributed by atoms with Gasteiger partial charge in [-0.3, -0.25) is 9.59 Å². The predicted molar refractivity (Wildman–Crippen MR) is 120 cm³/mol. The molecule has 32 heavy (non-hydrogen) atoms. The summed E-state index contributed by atoms with van der Waals surface area (Å²) in [6.07, 6.45) is 2.81. The van der Waals surface area contributed by atoms with Crippen LogP contribution in [0.3, 0.4) is 0 Å². The maximum absolute atomic E-state index is 12.3. The fraction of sp³-hybridized carbons (Fsp3) is 0.292. The number of hydrogen-bond donors (Lipinski definition) is 2. The molecule has 0 saturated heterocycles. The molecular weight excluding hydrogens is 412 g/mol. The lowest BCUT2D eigenvalue weighted by atomic mass is 9.97. The quantitative estimate of drug-likeness (QED) is 0.392. The molecule has 8 nitrogen and oxygen atoms in total. The number of carbonyl (C=O) groups excluding carboxylic acids is 3. The van der Waals surface area contributed by atoms with E-state index in [1.165, 1.54) is 14.0 Å². The van der Waals surface area contributed by atoms with E-state index in [1.54, 1.807) is 32.4 Å². The van der Waals surface area contributed by atoms with Crippen molar-refractivity contribution in [2.45, 2.75) is 26.3 Å². The number of fused-ring (bicyclic) bond motifs is 1. The molecule has 3 rings (SSSR count). The molecule has 0 fully saturated rings. The number of para-hydroxylation sites is 1. The van der Waals surface area contributed by atoms with Crippen molar-refractivity contribution >= 4 is 29.1 Å². The first-order chi connectivity index (χ1) is 15.4. The largest absolute Gasteiger partial charge is 0.493 e. The lowest BCUT2D eigenvalue weighted by molar-refractivity contribution is -0.147. The molecule has 0 bridgehead atoms. The van der Waals surface area contributed by atoms with E-state index < -0.39 is 12.0 Å². The van der Waals surface area contributed by atoms with Gasteiger partial charge in [0, 0.05) is 41.6 Å². The van der Waals surface area contributed by atoms with E-state index in [4.69, 9.17) is 14.2 Å². The first-order valence-corrected chi connectivity index (χ1v) is 10.2. The molecule has 8 heteroatoms. The van der Waals surface area contributed by atoms with Gasteiger partial charge in [0.1, 0.15) is 12.3 Å². The monoisotopic (exact) mass is 438 g/mol. The van der Waals surface area contributed by atoms with Gasteiger partial charge in [-0.15, -0.1) is 0 Å². The van der Waals surface area contributed by atoms with Crippen molar-refractivity contribution in [3.63, 3.8) is 0 Å². The second-order valence-electron chi connectivity index (χ2n) is 7.17. The molecule has 1 aromatic heterocycles. The third-order valence-corrected chi connectivity index (χ3v) is 5.10. The van der Waals surface area contributed by atoms with E-state index in [2.05, 4.69) is 10.3 Å². The molecule has 168 valence electrons. The molecular formula is C24H26N2O6. The molecule has 0 aliphatic carbocycles. The van der Waals surface area contributed by atoms with Gasteiger partial charge < -0.3 is 24.5 Å². The first kappa shape index (κ1) is 22.9. The van der Waals surface area contributed by atoms with E-state index in [-0.39, 0.29) is 18.9 Å². The number of esters is 1. The van der Waals surface area contributed by atoms with Gasteiger partial charge in [0.05, 0.1) is 26.3 Å². The number of hydrogen-bond acceptors (Lipinski definition) is 6. The number of aromatic nitrogens is 1. The highest BCUT2D eigenvalue weighted by Crippen LogP contribution is 2.41. The van der Waals surface area contributed by atoms with Crippen LogP contribution in [0.25, 0.3) is 22.0 Å². The number of methoxy groups -OCH3 is 2. The number of benzene rings is 2. The Hall–Kier alpha value is -3.81. The third-order valence-electron chi connectivity index (χ3n) is 5.10. The summed E-state index contributed by atoms with van der Waals surface area (Å²) < 4.78 is 16.1. The summed E-state index contributed by atoms with van der Waals surface area (Å²) in [6.45, 7) is 3.30. The number of aldehydes is 1. The molecule has 0 spiro atoms. The molecule has 0 radical (unpaired) electrons. The molecule has 3 aromatic rings. The minimum Gasteiger partial charge on any atom is -0.493 e. The Balaban J connectivity index is 2.10. The van der Waals surface area contributed by atoms with Crippen LogP contribution in [0.4, 0.5) is 0 Å². The Bertz CT molecular complexity index is 1150. The molecule has 0 aliphatic rings. The Morgan fingerprint density at radius 2 is 1.94 bits per heavy atom. The lowest BCUT2D eigenvalue weighted by Gasteiger charge is -2.16. The zero-order valence-electron chi connectivity index (χ0n) is 18.5. The summed E-state index contributed by atoms with van der Waals surface area (Å²) in [7, 11) is 3.06. The number of amides is 1. The molecule has 1 heterocycles. The van der Waals surface area contributed by atoms with Crippen molar-refractivity contribution in [3.8, 4) is 22.6 Å². The van der Waals surface area contributed by atoms with Crippen LogP contribution in [0.2, 0.25) is 0 Å². The molecule has 2 aromatic carbocycles. The van der Waals surface area contributed by atoms with Crippen LogP contribution >= 0.6 is 0 Å². The van der Waals surface area contributed by atoms with Crippen molar-refractivity contribution in [1.82, 2.24) is 10.3 Å². The first-order valence-electron chi connectivity index (χ1n) is 10.2. The number of H-pyrrole nitrogens is 1. The van der Waals surface area contributed by atoms with Crippen LogP contribution in [-0.2, 0) is 20.7 Å². The Labute approximate surface area is 185 Å². The van der Waals surface area contributed by atoms with E-state index in [1.807, 2.05) is 18.2 Å². The summed E-state index contributed by atoms with van der Waals surface area (Å²) in [5.74, 6) is 0.151. The van der Waals surface area contributed by atoms with Crippen molar-refractivity contribution in [1.29, 1.82) is 0 Å². The van der Waals surface area contributed by atoms with Gasteiger partial charge in [-0.05, 0) is 24.6 Å². The normalized spacial score (nSPS) is 11.6. The topological polar surface area (TPSA) is 107 Å². The summed E-state index contributed by atoms with van der Waals surface area (Å²) in [5.41, 5.74) is 3.59. The molecule has 0 saturated carbocycles. The van der Waals surface area contributed by atoms with E-state index >= 15 is 0 Å². The number of carbonyl (C=O) groups is 3. The average Bonchev–Trinajstić information content (AvgIpc) is 3.20. The highest BCUT2D eigenvalue weighted by Gasteiger charge is 2.24. The van der Waals surface area contributed by atoms with Gasteiger partial charge in [-0.2, -0.15) is 0 Å². The number of rotatable bonds is 9. The highest BCUT2D eigenvalue weighted by molar-refractivity contribution is 5.99. The molecule has 1 unspecified atom stereocenters. The standard InChI is InChI=1S/C24H26N2O6/c1-5-32-24(29)20(26-14(2)28)11-16-12-25-22-17(16)7-6-8-18(22)19-9-15(13-27)10-21(30-3)23(19)31-4/h6-10,12-13,20,25H,5,11H2,1-4H3,(H,26,28). The van der Waals surface area contributed by atoms with Gasteiger partial charge in [-0.25, -0.2) is 4.79 Å². The molecule has 1 atom stereocenters. The molecule has 2 N–H and O–H groups in total. The number of ether oxygens (including phenoxy) is 3. The summed E-state index contributed by atoms with van der Waals surface area (Å²) in [5, 5.41) is 3.53. The zero-order chi connectivity index (χ0) is 23.3. The van der Waals surface area contributed by atoms with Crippen LogP contribution in [-0.4, -0.2) is 50.0 Å². The molecule has 0 aliphatic heterocycles. The maximum Gasteiger partial charge on any atom is 0.328 e. The highest BCUT2D eigenvalue weighted by atomic mass is 16.5. The van der Waals surface area contributed by atoms with Crippen molar-refractivity contribution < 1.29 is 28.6 Å². The zero-order valence-corrected chi connectivity index (χ0v) is 18.5. The van der Waals surface area contributed by atoms with Crippen molar-refractivity contribution in [2.75, 3.05) is 20.8 Å². The van der Waals surface area contributed by atoms with Crippen LogP contribution in [0.15, 0.2) is 36.5 Å². The SMILES string of the molecule is CCOC(=O)C(Cc1c[nH]c2c(-c3cc(C=O)cc(OC)c3OC)cccc12)NC(C)=O. The number of aromatic amines is 1. The van der Waals surface area contributed by atoms with E-state index in [0.29, 0.717) is 22.6 Å². The summed E-state index contributed by atoms with van der Waals surface area (Å²) in [4.78, 5) is 38.7. The van der Waals surface area contributed by atoms with Crippen LogP contribution in [0.1, 0.15) is 29.8 Å². The minimum atomic E-state index is -0.803. The Morgan fingerprint density at radius 1 is 1.16 bits per heavy atom. The maximum atomic E-state index is 12.3. The van der Waals surface area contributed by atoms with Gasteiger partial charge >= 0.3 is 5.97 Å². The van der Waals surface area contributed by atoms with Gasteiger partial charge in [0.2, 0.25) is 5.91 Å².